The van der Waals surface area contributed by atoms with Gasteiger partial charge in [-0.05, 0) is 19.1 Å². The SMILES string of the molecule is COc1nn(C(C)C(=O)N2CCN(Cc3ccco3)CC2)cc1[N+](=O)[O-]. The highest BCUT2D eigenvalue weighted by Gasteiger charge is 2.29. The van der Waals surface area contributed by atoms with Crippen LogP contribution >= 0.6 is 0 Å². The zero-order chi connectivity index (χ0) is 18.7. The molecular formula is C16H21N5O5. The second kappa shape index (κ2) is 7.56. The fourth-order valence-corrected chi connectivity index (χ4v) is 2.96. The third-order valence-corrected chi connectivity index (χ3v) is 4.47. The summed E-state index contributed by atoms with van der Waals surface area (Å²) in [4.78, 5) is 27.1. The number of ether oxygens (including phenoxy) is 1. The predicted octanol–water partition coefficient (Wildman–Crippen LogP) is 1.30. The van der Waals surface area contributed by atoms with Gasteiger partial charge in [-0.1, -0.05) is 0 Å². The van der Waals surface area contributed by atoms with E-state index in [2.05, 4.69) is 10.00 Å². The lowest BCUT2D eigenvalue weighted by Gasteiger charge is -2.35. The molecular weight excluding hydrogens is 342 g/mol. The molecule has 0 spiro atoms. The van der Waals surface area contributed by atoms with Gasteiger partial charge in [-0.15, -0.1) is 5.10 Å². The van der Waals surface area contributed by atoms with E-state index in [0.29, 0.717) is 19.6 Å². The van der Waals surface area contributed by atoms with Gasteiger partial charge in [-0.25, -0.2) is 4.68 Å². The lowest BCUT2D eigenvalue weighted by molar-refractivity contribution is -0.385. The van der Waals surface area contributed by atoms with E-state index < -0.39 is 11.0 Å². The van der Waals surface area contributed by atoms with Crippen LogP contribution in [0.15, 0.2) is 29.0 Å². The molecule has 2 aromatic heterocycles. The number of piperazine rings is 1. The van der Waals surface area contributed by atoms with Crippen molar-refractivity contribution in [3.05, 3.63) is 40.5 Å². The van der Waals surface area contributed by atoms with Crippen molar-refractivity contribution in [2.75, 3.05) is 33.3 Å². The molecule has 0 radical (unpaired) electrons. The Kier molecular flexibility index (Phi) is 5.21. The predicted molar refractivity (Wildman–Crippen MR) is 90.7 cm³/mol. The van der Waals surface area contributed by atoms with Gasteiger partial charge in [0.15, 0.2) is 0 Å². The third kappa shape index (κ3) is 3.69. The quantitative estimate of drug-likeness (QED) is 0.562. The Labute approximate surface area is 150 Å². The van der Waals surface area contributed by atoms with Gasteiger partial charge >= 0.3 is 11.6 Å². The smallest absolute Gasteiger partial charge is 0.350 e. The van der Waals surface area contributed by atoms with Crippen LogP contribution in [0.4, 0.5) is 5.69 Å². The molecule has 3 heterocycles. The van der Waals surface area contributed by atoms with Crippen molar-refractivity contribution in [1.29, 1.82) is 0 Å². The van der Waals surface area contributed by atoms with Crippen molar-refractivity contribution in [1.82, 2.24) is 19.6 Å². The van der Waals surface area contributed by atoms with E-state index in [9.17, 15) is 14.9 Å². The van der Waals surface area contributed by atoms with Crippen molar-refractivity contribution in [3.63, 3.8) is 0 Å². The van der Waals surface area contributed by atoms with Crippen molar-refractivity contribution in [2.24, 2.45) is 0 Å². The van der Waals surface area contributed by atoms with Crippen LogP contribution in [0.3, 0.4) is 0 Å². The minimum atomic E-state index is -0.644. The fourth-order valence-electron chi connectivity index (χ4n) is 2.96. The summed E-state index contributed by atoms with van der Waals surface area (Å²) >= 11 is 0. The first-order valence-corrected chi connectivity index (χ1v) is 8.30. The molecule has 1 unspecified atom stereocenters. The molecule has 0 aromatic carbocycles. The van der Waals surface area contributed by atoms with E-state index in [4.69, 9.17) is 9.15 Å². The van der Waals surface area contributed by atoms with E-state index in [-0.39, 0.29) is 17.5 Å². The van der Waals surface area contributed by atoms with Crippen molar-refractivity contribution in [3.8, 4) is 5.88 Å². The number of amides is 1. The Balaban J connectivity index is 1.60. The third-order valence-electron chi connectivity index (χ3n) is 4.47. The first-order chi connectivity index (χ1) is 12.5. The number of hydrogen-bond donors (Lipinski definition) is 0. The Bertz CT molecular complexity index is 764. The molecule has 1 fully saturated rings. The molecule has 1 aliphatic rings. The summed E-state index contributed by atoms with van der Waals surface area (Å²) in [7, 11) is 1.31. The van der Waals surface area contributed by atoms with E-state index in [1.165, 1.54) is 18.0 Å². The molecule has 0 aliphatic carbocycles. The monoisotopic (exact) mass is 363 g/mol. The van der Waals surface area contributed by atoms with E-state index in [0.717, 1.165) is 18.8 Å². The van der Waals surface area contributed by atoms with Crippen LogP contribution < -0.4 is 4.74 Å². The van der Waals surface area contributed by atoms with Crippen LogP contribution in [0.5, 0.6) is 5.88 Å². The van der Waals surface area contributed by atoms with E-state index in [1.54, 1.807) is 18.1 Å². The van der Waals surface area contributed by atoms with Crippen LogP contribution in [-0.4, -0.2) is 63.7 Å². The number of nitrogens with zero attached hydrogens (tertiary/aromatic N) is 5. The molecule has 0 saturated carbocycles. The van der Waals surface area contributed by atoms with Gasteiger partial charge in [0.1, 0.15) is 18.0 Å². The molecule has 10 nitrogen and oxygen atoms in total. The highest BCUT2D eigenvalue weighted by molar-refractivity contribution is 5.80. The summed E-state index contributed by atoms with van der Waals surface area (Å²) in [6.07, 6.45) is 2.88. The average molecular weight is 363 g/mol. The minimum absolute atomic E-state index is 0.0992. The van der Waals surface area contributed by atoms with Crippen LogP contribution in [0, 0.1) is 10.1 Å². The number of carbonyl (C=O) groups excluding carboxylic acids is 1. The lowest BCUT2D eigenvalue weighted by Crippen LogP contribution is -2.49. The van der Waals surface area contributed by atoms with E-state index in [1.807, 2.05) is 12.1 Å². The first kappa shape index (κ1) is 17.9. The van der Waals surface area contributed by atoms with Crippen molar-refractivity contribution >= 4 is 11.6 Å². The highest BCUT2D eigenvalue weighted by atomic mass is 16.6. The van der Waals surface area contributed by atoms with Crippen LogP contribution in [0.1, 0.15) is 18.7 Å². The minimum Gasteiger partial charge on any atom is -0.475 e. The van der Waals surface area contributed by atoms with E-state index >= 15 is 0 Å². The molecule has 1 aliphatic heterocycles. The molecule has 0 bridgehead atoms. The fraction of sp³-hybridized carbons (Fsp3) is 0.500. The molecule has 10 heteroatoms. The Hall–Kier alpha value is -2.88. The molecule has 1 atom stereocenters. The van der Waals surface area contributed by atoms with Gasteiger partial charge in [0, 0.05) is 26.2 Å². The lowest BCUT2D eigenvalue weighted by atomic mass is 10.2. The largest absolute Gasteiger partial charge is 0.475 e. The summed E-state index contributed by atoms with van der Waals surface area (Å²) < 4.78 is 11.5. The molecule has 0 N–H and O–H groups in total. The number of hydrogen-bond acceptors (Lipinski definition) is 7. The maximum atomic E-state index is 12.7. The van der Waals surface area contributed by atoms with Gasteiger partial charge in [0.05, 0.1) is 24.8 Å². The van der Waals surface area contributed by atoms with Gasteiger partial charge in [-0.3, -0.25) is 19.8 Å². The normalized spacial score (nSPS) is 16.5. The zero-order valence-corrected chi connectivity index (χ0v) is 14.7. The van der Waals surface area contributed by atoms with Gasteiger partial charge in [-0.2, -0.15) is 0 Å². The Morgan fingerprint density at radius 2 is 2.15 bits per heavy atom. The van der Waals surface area contributed by atoms with Crippen molar-refractivity contribution < 1.29 is 18.9 Å². The maximum Gasteiger partial charge on any atom is 0.350 e. The molecule has 1 saturated heterocycles. The van der Waals surface area contributed by atoms with Crippen LogP contribution in [0.2, 0.25) is 0 Å². The first-order valence-electron chi connectivity index (χ1n) is 8.30. The maximum absolute atomic E-state index is 12.7. The second-order valence-corrected chi connectivity index (χ2v) is 6.12. The Morgan fingerprint density at radius 3 is 2.69 bits per heavy atom. The summed E-state index contributed by atoms with van der Waals surface area (Å²) in [6.45, 7) is 5.04. The van der Waals surface area contributed by atoms with Gasteiger partial charge in [0.2, 0.25) is 5.91 Å². The van der Waals surface area contributed by atoms with Crippen molar-refractivity contribution in [2.45, 2.75) is 19.5 Å². The standard InChI is InChI=1S/C16H21N5O5/c1-12(20-11-14(21(23)24)15(17-20)25-2)16(22)19-7-5-18(6-8-19)10-13-4-3-9-26-13/h3-4,9,11-12H,5-8,10H2,1-2H3. The Morgan fingerprint density at radius 1 is 1.42 bits per heavy atom. The summed E-state index contributed by atoms with van der Waals surface area (Å²) in [5.74, 6) is 0.676. The highest BCUT2D eigenvalue weighted by Crippen LogP contribution is 2.26. The zero-order valence-electron chi connectivity index (χ0n) is 14.7. The van der Waals surface area contributed by atoms with Crippen LogP contribution in [0.25, 0.3) is 0 Å². The molecule has 26 heavy (non-hydrogen) atoms. The number of rotatable bonds is 6. The number of nitro groups is 1. The number of furan rings is 1. The number of carbonyl (C=O) groups is 1. The average Bonchev–Trinajstić information content (AvgIpc) is 3.30. The van der Waals surface area contributed by atoms with Crippen LogP contribution in [-0.2, 0) is 11.3 Å². The summed E-state index contributed by atoms with van der Waals surface area (Å²) in [5, 5.41) is 15.0. The molecule has 2 aromatic rings. The van der Waals surface area contributed by atoms with Gasteiger partial charge in [0.25, 0.3) is 0 Å². The van der Waals surface area contributed by atoms with Gasteiger partial charge < -0.3 is 14.1 Å². The summed E-state index contributed by atoms with van der Waals surface area (Å²) in [6, 6.07) is 3.14. The molecule has 1 amide bonds. The molecule has 3 rings (SSSR count). The summed E-state index contributed by atoms with van der Waals surface area (Å²) in [5.41, 5.74) is -0.254. The topological polar surface area (TPSA) is 107 Å². The molecule has 140 valence electrons. The number of methoxy groups -OCH3 is 1. The second-order valence-electron chi connectivity index (χ2n) is 6.12. The number of aromatic nitrogens is 2.